The van der Waals surface area contributed by atoms with Gasteiger partial charge in [0, 0.05) is 34.1 Å². The third kappa shape index (κ3) is 3.62. The van der Waals surface area contributed by atoms with Crippen LogP contribution in [0.5, 0.6) is 0 Å². The van der Waals surface area contributed by atoms with Gasteiger partial charge in [-0.2, -0.15) is 0 Å². The third-order valence-electron chi connectivity index (χ3n) is 4.65. The number of aromatic nitrogens is 2. The van der Waals surface area contributed by atoms with Gasteiger partial charge in [-0.25, -0.2) is 4.98 Å². The molecule has 0 fully saturated rings. The topological polar surface area (TPSA) is 65.2 Å². The Morgan fingerprint density at radius 3 is 2.72 bits per heavy atom. The first kappa shape index (κ1) is 17.6. The smallest absolute Gasteiger partial charge is 0.310 e. The Balaban J connectivity index is 1.26. The van der Waals surface area contributed by atoms with Crippen LogP contribution in [0.1, 0.15) is 11.3 Å². The van der Waals surface area contributed by atoms with Crippen LogP contribution >= 0.6 is 11.3 Å². The van der Waals surface area contributed by atoms with E-state index in [9.17, 15) is 4.79 Å². The number of pyridine rings is 1. The van der Waals surface area contributed by atoms with Crippen LogP contribution in [0.15, 0.2) is 76.8 Å². The summed E-state index contributed by atoms with van der Waals surface area (Å²) in [6.45, 7) is 0.164. The highest BCUT2D eigenvalue weighted by molar-refractivity contribution is 7.13. The summed E-state index contributed by atoms with van der Waals surface area (Å²) in [5.41, 5.74) is 4.30. The average molecular weight is 400 g/mol. The Morgan fingerprint density at radius 2 is 1.83 bits per heavy atom. The van der Waals surface area contributed by atoms with Gasteiger partial charge in [0.25, 0.3) is 0 Å². The molecule has 0 unspecified atom stereocenters. The highest BCUT2D eigenvalue weighted by Gasteiger charge is 2.11. The van der Waals surface area contributed by atoms with Gasteiger partial charge in [0.05, 0.1) is 12.1 Å². The van der Waals surface area contributed by atoms with Crippen molar-refractivity contribution < 1.29 is 13.9 Å². The van der Waals surface area contributed by atoms with Crippen molar-refractivity contribution in [3.05, 3.63) is 83.6 Å². The van der Waals surface area contributed by atoms with Crippen LogP contribution in [0.25, 0.3) is 32.5 Å². The SMILES string of the molecule is O=C(Cc1ccc2oc3ccccc3c2c1)OCc1csc(-c2ccncc2)n1. The summed E-state index contributed by atoms with van der Waals surface area (Å²) in [7, 11) is 0. The van der Waals surface area contributed by atoms with E-state index in [4.69, 9.17) is 9.15 Å². The minimum Gasteiger partial charge on any atom is -0.459 e. The predicted octanol–water partition coefficient (Wildman–Crippen LogP) is 5.39. The number of hydrogen-bond donors (Lipinski definition) is 0. The maximum absolute atomic E-state index is 12.3. The summed E-state index contributed by atoms with van der Waals surface area (Å²) in [4.78, 5) is 20.9. The number of carbonyl (C=O) groups is 1. The fourth-order valence-corrected chi connectivity index (χ4v) is 4.07. The fourth-order valence-electron chi connectivity index (χ4n) is 3.26. The summed E-state index contributed by atoms with van der Waals surface area (Å²) >= 11 is 1.52. The van der Waals surface area contributed by atoms with Crippen LogP contribution < -0.4 is 0 Å². The predicted molar refractivity (Wildman–Crippen MR) is 113 cm³/mol. The van der Waals surface area contributed by atoms with Gasteiger partial charge in [-0.3, -0.25) is 9.78 Å². The van der Waals surface area contributed by atoms with Crippen LogP contribution in [0, 0.1) is 0 Å². The monoisotopic (exact) mass is 400 g/mol. The Morgan fingerprint density at radius 1 is 1.00 bits per heavy atom. The van der Waals surface area contributed by atoms with Gasteiger partial charge in [-0.15, -0.1) is 11.3 Å². The Labute approximate surface area is 170 Å². The number of para-hydroxylation sites is 1. The first-order valence-corrected chi connectivity index (χ1v) is 10.0. The second kappa shape index (κ2) is 7.48. The largest absolute Gasteiger partial charge is 0.459 e. The molecule has 6 heteroatoms. The number of carbonyl (C=O) groups excluding carboxylic acids is 1. The number of nitrogens with zero attached hydrogens (tertiary/aromatic N) is 2. The molecule has 0 aliphatic rings. The van der Waals surface area contributed by atoms with E-state index in [1.54, 1.807) is 12.4 Å². The van der Waals surface area contributed by atoms with Crippen LogP contribution in [-0.2, 0) is 22.6 Å². The highest BCUT2D eigenvalue weighted by atomic mass is 32.1. The minimum atomic E-state index is -0.282. The first-order chi connectivity index (χ1) is 14.3. The highest BCUT2D eigenvalue weighted by Crippen LogP contribution is 2.29. The number of esters is 1. The maximum atomic E-state index is 12.3. The second-order valence-corrected chi connectivity index (χ2v) is 7.50. The average Bonchev–Trinajstić information content (AvgIpc) is 3.37. The molecule has 29 heavy (non-hydrogen) atoms. The molecule has 0 aliphatic carbocycles. The molecular formula is C23H16N2O3S. The van der Waals surface area contributed by atoms with Gasteiger partial charge in [-0.05, 0) is 35.9 Å². The van der Waals surface area contributed by atoms with Crippen molar-refractivity contribution in [2.45, 2.75) is 13.0 Å². The number of thiazole rings is 1. The zero-order valence-electron chi connectivity index (χ0n) is 15.4. The zero-order chi connectivity index (χ0) is 19.6. The van der Waals surface area contributed by atoms with E-state index in [1.165, 1.54) is 11.3 Å². The second-order valence-electron chi connectivity index (χ2n) is 6.65. The molecule has 2 aromatic carbocycles. The standard InChI is InChI=1S/C23H16N2O3S/c26-22(27-13-17-14-29-23(25-17)16-7-9-24-10-8-16)12-15-5-6-21-19(11-15)18-3-1-2-4-20(18)28-21/h1-11,14H,12-13H2. The van der Waals surface area contributed by atoms with Crippen molar-refractivity contribution in [3.8, 4) is 10.6 Å². The van der Waals surface area contributed by atoms with Crippen molar-refractivity contribution in [2.24, 2.45) is 0 Å². The van der Waals surface area contributed by atoms with Crippen LogP contribution in [-0.4, -0.2) is 15.9 Å². The van der Waals surface area contributed by atoms with Crippen molar-refractivity contribution in [1.29, 1.82) is 0 Å². The van der Waals surface area contributed by atoms with E-state index in [-0.39, 0.29) is 19.0 Å². The van der Waals surface area contributed by atoms with Crippen molar-refractivity contribution in [1.82, 2.24) is 9.97 Å². The molecule has 0 amide bonds. The lowest BCUT2D eigenvalue weighted by Gasteiger charge is -2.03. The van der Waals surface area contributed by atoms with Gasteiger partial charge in [0.15, 0.2) is 0 Å². The van der Waals surface area contributed by atoms with Gasteiger partial charge in [0.2, 0.25) is 0 Å². The lowest BCUT2D eigenvalue weighted by Crippen LogP contribution is -2.08. The quantitative estimate of drug-likeness (QED) is 0.370. The molecule has 0 aliphatic heterocycles. The zero-order valence-corrected chi connectivity index (χ0v) is 16.2. The number of furan rings is 1. The van der Waals surface area contributed by atoms with Crippen molar-refractivity contribution >= 4 is 39.2 Å². The van der Waals surface area contributed by atoms with E-state index in [2.05, 4.69) is 9.97 Å². The number of ether oxygens (including phenoxy) is 1. The van der Waals surface area contributed by atoms with E-state index in [1.807, 2.05) is 60.0 Å². The molecule has 0 saturated carbocycles. The lowest BCUT2D eigenvalue weighted by atomic mass is 10.1. The Kier molecular flexibility index (Phi) is 4.54. The number of hydrogen-bond acceptors (Lipinski definition) is 6. The molecule has 0 bridgehead atoms. The third-order valence-corrected chi connectivity index (χ3v) is 5.59. The van der Waals surface area contributed by atoms with E-state index >= 15 is 0 Å². The molecule has 0 saturated heterocycles. The van der Waals surface area contributed by atoms with Gasteiger partial charge in [-0.1, -0.05) is 24.3 Å². The van der Waals surface area contributed by atoms with Crippen LogP contribution in [0.4, 0.5) is 0 Å². The molecule has 3 heterocycles. The molecule has 142 valence electrons. The molecule has 5 rings (SSSR count). The molecule has 0 N–H and O–H groups in total. The maximum Gasteiger partial charge on any atom is 0.310 e. The van der Waals surface area contributed by atoms with E-state index in [0.717, 1.165) is 43.8 Å². The van der Waals surface area contributed by atoms with Gasteiger partial charge in [0.1, 0.15) is 22.8 Å². The summed E-state index contributed by atoms with van der Waals surface area (Å²) in [6, 6.07) is 17.5. The first-order valence-electron chi connectivity index (χ1n) is 9.17. The summed E-state index contributed by atoms with van der Waals surface area (Å²) < 4.78 is 11.3. The molecule has 0 spiro atoms. The minimum absolute atomic E-state index is 0.164. The van der Waals surface area contributed by atoms with Crippen molar-refractivity contribution in [3.63, 3.8) is 0 Å². The molecule has 0 atom stereocenters. The van der Waals surface area contributed by atoms with E-state index < -0.39 is 0 Å². The van der Waals surface area contributed by atoms with E-state index in [0.29, 0.717) is 0 Å². The number of rotatable bonds is 5. The Bertz CT molecular complexity index is 1310. The van der Waals surface area contributed by atoms with Crippen molar-refractivity contribution in [2.75, 3.05) is 0 Å². The molecular weight excluding hydrogens is 384 g/mol. The van der Waals surface area contributed by atoms with Crippen LogP contribution in [0.2, 0.25) is 0 Å². The molecule has 3 aromatic heterocycles. The van der Waals surface area contributed by atoms with Gasteiger partial charge >= 0.3 is 5.97 Å². The lowest BCUT2D eigenvalue weighted by molar-refractivity contribution is -0.144. The summed E-state index contributed by atoms with van der Waals surface area (Å²) in [5, 5.41) is 4.85. The number of fused-ring (bicyclic) bond motifs is 3. The van der Waals surface area contributed by atoms with Gasteiger partial charge < -0.3 is 9.15 Å². The number of benzene rings is 2. The summed E-state index contributed by atoms with van der Waals surface area (Å²) in [5.74, 6) is -0.282. The van der Waals surface area contributed by atoms with Crippen LogP contribution in [0.3, 0.4) is 0 Å². The Hall–Kier alpha value is -3.51. The molecule has 0 radical (unpaired) electrons. The summed E-state index contributed by atoms with van der Waals surface area (Å²) in [6.07, 6.45) is 3.67. The molecule has 5 aromatic rings. The molecule has 5 nitrogen and oxygen atoms in total. The normalized spacial score (nSPS) is 11.2. The fraction of sp³-hybridized carbons (Fsp3) is 0.0870.